The van der Waals surface area contributed by atoms with Gasteiger partial charge in [-0.15, -0.1) is 0 Å². The van der Waals surface area contributed by atoms with Crippen LogP contribution in [0.3, 0.4) is 0 Å². The van der Waals surface area contributed by atoms with Crippen molar-refractivity contribution in [1.29, 1.82) is 0 Å². The summed E-state index contributed by atoms with van der Waals surface area (Å²) < 4.78 is 5.41. The van der Waals surface area contributed by atoms with Crippen molar-refractivity contribution in [3.63, 3.8) is 0 Å². The highest BCUT2D eigenvalue weighted by Crippen LogP contribution is 2.30. The van der Waals surface area contributed by atoms with E-state index in [-0.39, 0.29) is 18.1 Å². The van der Waals surface area contributed by atoms with Gasteiger partial charge in [0.1, 0.15) is 0 Å². The van der Waals surface area contributed by atoms with E-state index in [1.54, 1.807) is 25.3 Å². The second kappa shape index (κ2) is 8.85. The lowest BCUT2D eigenvalue weighted by Crippen LogP contribution is -2.49. The molecule has 3 N–H and O–H groups in total. The van der Waals surface area contributed by atoms with Gasteiger partial charge < -0.3 is 15.8 Å². The highest BCUT2D eigenvalue weighted by molar-refractivity contribution is 6.39. The van der Waals surface area contributed by atoms with Crippen LogP contribution < -0.4 is 11.1 Å². The van der Waals surface area contributed by atoms with Gasteiger partial charge in [0.25, 0.3) is 0 Å². The number of hydrogen-bond donors (Lipinski definition) is 2. The molecule has 7 heteroatoms. The smallest absolute Gasteiger partial charge is 0.225 e. The van der Waals surface area contributed by atoms with Crippen LogP contribution in [0.15, 0.2) is 18.2 Å². The summed E-state index contributed by atoms with van der Waals surface area (Å²) >= 11 is 12.1. The Hall–Kier alpha value is -0.850. The first kappa shape index (κ1) is 18.5. The molecule has 1 amide bonds. The number of rotatable bonds is 6. The number of carbonyl (C=O) groups excluding carboxylic acids is 1. The molecule has 0 aliphatic carbocycles. The van der Waals surface area contributed by atoms with Crippen LogP contribution in [-0.4, -0.2) is 49.7 Å². The molecule has 2 atom stereocenters. The predicted molar refractivity (Wildman–Crippen MR) is 94.2 cm³/mol. The zero-order valence-corrected chi connectivity index (χ0v) is 14.7. The van der Waals surface area contributed by atoms with Crippen molar-refractivity contribution < 1.29 is 9.53 Å². The van der Waals surface area contributed by atoms with Gasteiger partial charge in [0.2, 0.25) is 5.91 Å². The standard InChI is InChI=1S/C16H23Cl2N3O2/c1-23-12-5-7-21(11(9-12)10-19)8-6-15(22)20-16-13(17)3-2-4-14(16)18/h2-4,11-12H,5-10,19H2,1H3,(H,20,22). The molecule has 1 fully saturated rings. The summed E-state index contributed by atoms with van der Waals surface area (Å²) in [6.45, 7) is 2.12. The number of para-hydroxylation sites is 1. The molecule has 0 radical (unpaired) electrons. The quantitative estimate of drug-likeness (QED) is 0.819. The number of methoxy groups -OCH3 is 1. The number of nitrogens with two attached hydrogens (primary N) is 1. The van der Waals surface area contributed by atoms with E-state index < -0.39 is 0 Å². The first-order valence-corrected chi connectivity index (χ1v) is 8.51. The molecule has 0 bridgehead atoms. The third-order valence-electron chi connectivity index (χ3n) is 4.25. The van der Waals surface area contributed by atoms with Crippen molar-refractivity contribution in [2.24, 2.45) is 5.73 Å². The van der Waals surface area contributed by atoms with E-state index in [0.29, 0.717) is 35.2 Å². The number of piperidine rings is 1. The summed E-state index contributed by atoms with van der Waals surface area (Å²) in [5.74, 6) is -0.107. The predicted octanol–water partition coefficient (Wildman–Crippen LogP) is 2.76. The Morgan fingerprint density at radius 1 is 1.43 bits per heavy atom. The Labute approximate surface area is 147 Å². The van der Waals surface area contributed by atoms with E-state index >= 15 is 0 Å². The van der Waals surface area contributed by atoms with Crippen LogP contribution >= 0.6 is 23.2 Å². The normalized spacial score (nSPS) is 22.1. The molecule has 0 aromatic heterocycles. The SMILES string of the molecule is COC1CCN(CCC(=O)Nc2c(Cl)cccc2Cl)C(CN)C1. The molecule has 1 aromatic carbocycles. The molecular weight excluding hydrogens is 337 g/mol. The van der Waals surface area contributed by atoms with Crippen LogP contribution in [0.4, 0.5) is 5.69 Å². The largest absolute Gasteiger partial charge is 0.381 e. The number of ether oxygens (including phenoxy) is 1. The lowest BCUT2D eigenvalue weighted by atomic mass is 9.99. The minimum atomic E-state index is -0.107. The average molecular weight is 360 g/mol. The van der Waals surface area contributed by atoms with Crippen molar-refractivity contribution >= 4 is 34.8 Å². The van der Waals surface area contributed by atoms with Gasteiger partial charge in [-0.2, -0.15) is 0 Å². The van der Waals surface area contributed by atoms with E-state index in [0.717, 1.165) is 19.4 Å². The molecule has 128 valence electrons. The molecule has 1 saturated heterocycles. The summed E-state index contributed by atoms with van der Waals surface area (Å²) in [6.07, 6.45) is 2.50. The number of likely N-dealkylation sites (tertiary alicyclic amines) is 1. The Kier molecular flexibility index (Phi) is 7.11. The number of amides is 1. The number of nitrogens with zero attached hydrogens (tertiary/aromatic N) is 1. The second-order valence-corrected chi connectivity index (χ2v) is 6.52. The Bertz CT molecular complexity index is 522. The van der Waals surface area contributed by atoms with Gasteiger partial charge in [0.05, 0.1) is 21.8 Å². The third-order valence-corrected chi connectivity index (χ3v) is 4.88. The fourth-order valence-corrected chi connectivity index (χ4v) is 3.37. The summed E-state index contributed by atoms with van der Waals surface area (Å²) in [5.41, 5.74) is 6.31. The zero-order chi connectivity index (χ0) is 16.8. The Balaban J connectivity index is 1.86. The van der Waals surface area contributed by atoms with E-state index in [1.165, 1.54) is 0 Å². The number of carbonyl (C=O) groups is 1. The molecule has 2 unspecified atom stereocenters. The molecule has 0 spiro atoms. The third kappa shape index (κ3) is 5.06. The number of anilines is 1. The minimum Gasteiger partial charge on any atom is -0.381 e. The zero-order valence-electron chi connectivity index (χ0n) is 13.2. The molecular formula is C16H23Cl2N3O2. The van der Waals surface area contributed by atoms with Crippen molar-refractivity contribution in [3.8, 4) is 0 Å². The summed E-state index contributed by atoms with van der Waals surface area (Å²) in [6, 6.07) is 5.39. The molecule has 1 heterocycles. The molecule has 1 aromatic rings. The topological polar surface area (TPSA) is 67.6 Å². The van der Waals surface area contributed by atoms with Gasteiger partial charge in [-0.1, -0.05) is 29.3 Å². The summed E-state index contributed by atoms with van der Waals surface area (Å²) in [7, 11) is 1.73. The number of benzene rings is 1. The maximum Gasteiger partial charge on any atom is 0.225 e. The molecule has 5 nitrogen and oxygen atoms in total. The lowest BCUT2D eigenvalue weighted by Gasteiger charge is -2.38. The van der Waals surface area contributed by atoms with Crippen LogP contribution in [0.25, 0.3) is 0 Å². The van der Waals surface area contributed by atoms with Crippen molar-refractivity contribution in [3.05, 3.63) is 28.2 Å². The molecule has 2 rings (SSSR count). The molecule has 23 heavy (non-hydrogen) atoms. The Morgan fingerprint density at radius 3 is 2.74 bits per heavy atom. The average Bonchev–Trinajstić information content (AvgIpc) is 2.56. The fourth-order valence-electron chi connectivity index (χ4n) is 2.88. The number of nitrogens with one attached hydrogen (secondary N) is 1. The highest BCUT2D eigenvalue weighted by atomic mass is 35.5. The van der Waals surface area contributed by atoms with E-state index in [4.69, 9.17) is 33.7 Å². The van der Waals surface area contributed by atoms with Gasteiger partial charge in [0.15, 0.2) is 0 Å². The highest BCUT2D eigenvalue weighted by Gasteiger charge is 2.27. The number of halogens is 2. The van der Waals surface area contributed by atoms with Crippen LogP contribution in [0.1, 0.15) is 19.3 Å². The van der Waals surface area contributed by atoms with Crippen LogP contribution in [0.5, 0.6) is 0 Å². The van der Waals surface area contributed by atoms with E-state index in [1.807, 2.05) is 0 Å². The van der Waals surface area contributed by atoms with E-state index in [2.05, 4.69) is 10.2 Å². The van der Waals surface area contributed by atoms with Gasteiger partial charge in [-0.05, 0) is 25.0 Å². The van der Waals surface area contributed by atoms with Crippen LogP contribution in [0, 0.1) is 0 Å². The molecule has 1 aliphatic heterocycles. The van der Waals surface area contributed by atoms with Crippen molar-refractivity contribution in [2.45, 2.75) is 31.4 Å². The van der Waals surface area contributed by atoms with Crippen molar-refractivity contribution in [2.75, 3.05) is 32.1 Å². The van der Waals surface area contributed by atoms with Gasteiger partial charge in [-0.25, -0.2) is 0 Å². The van der Waals surface area contributed by atoms with Crippen LogP contribution in [0.2, 0.25) is 10.0 Å². The number of hydrogen-bond acceptors (Lipinski definition) is 4. The minimum absolute atomic E-state index is 0.107. The van der Waals surface area contributed by atoms with Crippen LogP contribution in [-0.2, 0) is 9.53 Å². The van der Waals surface area contributed by atoms with Gasteiger partial charge in [-0.3, -0.25) is 9.69 Å². The molecule has 1 aliphatic rings. The first-order chi connectivity index (χ1) is 11.0. The maximum atomic E-state index is 12.2. The Morgan fingerprint density at radius 2 is 2.13 bits per heavy atom. The first-order valence-electron chi connectivity index (χ1n) is 7.76. The maximum absolute atomic E-state index is 12.2. The van der Waals surface area contributed by atoms with Gasteiger partial charge in [0, 0.05) is 39.2 Å². The van der Waals surface area contributed by atoms with Crippen molar-refractivity contribution in [1.82, 2.24) is 4.90 Å². The fraction of sp³-hybridized carbons (Fsp3) is 0.562. The molecule has 0 saturated carbocycles. The summed E-state index contributed by atoms with van der Waals surface area (Å²) in [4.78, 5) is 14.4. The second-order valence-electron chi connectivity index (χ2n) is 5.70. The lowest BCUT2D eigenvalue weighted by molar-refractivity contribution is -0.116. The van der Waals surface area contributed by atoms with E-state index in [9.17, 15) is 4.79 Å². The summed E-state index contributed by atoms with van der Waals surface area (Å²) in [5, 5.41) is 3.66. The monoisotopic (exact) mass is 359 g/mol. The van der Waals surface area contributed by atoms with Gasteiger partial charge >= 0.3 is 0 Å².